The summed E-state index contributed by atoms with van der Waals surface area (Å²) in [5.41, 5.74) is 1.18. The number of nitrogens with zero attached hydrogens (tertiary/aromatic N) is 8. The van der Waals surface area contributed by atoms with E-state index in [1.807, 2.05) is 16.7 Å². The van der Waals surface area contributed by atoms with Crippen molar-refractivity contribution in [1.82, 2.24) is 35.0 Å². The summed E-state index contributed by atoms with van der Waals surface area (Å²) < 4.78 is 60.3. The lowest BCUT2D eigenvalue weighted by Gasteiger charge is -2.48. The lowest BCUT2D eigenvalue weighted by molar-refractivity contribution is -0.151. The van der Waals surface area contributed by atoms with E-state index in [0.717, 1.165) is 51.7 Å². The van der Waals surface area contributed by atoms with Crippen molar-refractivity contribution >= 4 is 56.6 Å². The number of halogens is 3. The maximum Gasteiger partial charge on any atom is 0.319 e. The Hall–Kier alpha value is -6.31. The number of nitrogens with one attached hydrogen (secondary N) is 2. The van der Waals surface area contributed by atoms with Crippen LogP contribution in [-0.2, 0) is 25.5 Å². The minimum absolute atomic E-state index is 0.0318. The standard InChI is InChI=1S/C52H59F3N10O6/c1-2-35-38(53)6-4-32-24-34(66)26-36(44(32)35)46-45(55)47-37(27-56-46)48(65-14-3-10-52(30-65)13-23-71-52)60-50(59-47)70-31-51(11-12-51)29-62-17-21-64(22-18-62)43(68)28-61-15-19-63(20-16-61)41-8-5-33(25-39(41)54)57-40-7-9-42(67)58-49(40)69/h4-6,8,24-27,40,57,66H,2-3,7,9-23,28-31H2,1H3,(H,58,67,69). The molecule has 0 radical (unpaired) electrons. The van der Waals surface area contributed by atoms with Gasteiger partial charge in [-0.25, -0.2) is 13.2 Å². The molecule has 374 valence electrons. The van der Waals surface area contributed by atoms with Crippen molar-refractivity contribution in [1.29, 1.82) is 0 Å². The number of phenols is 1. The Morgan fingerprint density at radius 2 is 1.70 bits per heavy atom. The highest BCUT2D eigenvalue weighted by Gasteiger charge is 2.46. The van der Waals surface area contributed by atoms with Crippen molar-refractivity contribution in [2.24, 2.45) is 5.41 Å². The second-order valence-corrected chi connectivity index (χ2v) is 20.3. The number of aromatic nitrogens is 3. The summed E-state index contributed by atoms with van der Waals surface area (Å²) in [6, 6.07) is 10.2. The number of aryl methyl sites for hydroxylation is 1. The molecule has 71 heavy (non-hydrogen) atoms. The topological polar surface area (TPSA) is 169 Å². The van der Waals surface area contributed by atoms with E-state index in [1.165, 1.54) is 24.3 Å². The molecule has 5 aromatic rings. The molecule has 5 saturated heterocycles. The first-order valence-electron chi connectivity index (χ1n) is 25.1. The number of rotatable bonds is 13. The van der Waals surface area contributed by atoms with Crippen LogP contribution in [0.3, 0.4) is 0 Å². The molecule has 3 N–H and O–H groups in total. The summed E-state index contributed by atoms with van der Waals surface area (Å²) in [4.78, 5) is 62.0. The SMILES string of the molecule is CCc1c(F)ccc2cc(O)cc(-c3ncc4c(N5CCCC6(CCO6)C5)nc(OCC5(CN6CCN(C(=O)CN7CCN(c8ccc(NC9CCC(=O)NC9=O)cc8F)CC7)CC6)CC5)nc4c3F)c12. The van der Waals surface area contributed by atoms with Gasteiger partial charge < -0.3 is 34.6 Å². The van der Waals surface area contributed by atoms with Gasteiger partial charge in [-0.3, -0.25) is 34.5 Å². The Labute approximate surface area is 409 Å². The molecule has 7 heterocycles. The molecule has 16 nitrogen and oxygen atoms in total. The number of aromatic hydroxyl groups is 1. The second-order valence-electron chi connectivity index (χ2n) is 20.3. The predicted molar refractivity (Wildman–Crippen MR) is 261 cm³/mol. The molecule has 5 aliphatic heterocycles. The van der Waals surface area contributed by atoms with E-state index in [1.54, 1.807) is 24.4 Å². The van der Waals surface area contributed by atoms with E-state index in [0.29, 0.717) is 124 Å². The van der Waals surface area contributed by atoms with Crippen molar-refractivity contribution in [3.63, 3.8) is 0 Å². The highest BCUT2D eigenvalue weighted by atomic mass is 19.1. The van der Waals surface area contributed by atoms with Gasteiger partial charge in [-0.05, 0) is 91.3 Å². The van der Waals surface area contributed by atoms with Crippen molar-refractivity contribution in [3.8, 4) is 23.0 Å². The molecule has 3 amide bonds. The quantitative estimate of drug-likeness (QED) is 0.124. The Bertz CT molecular complexity index is 2900. The number of hydrogen-bond acceptors (Lipinski definition) is 14. The van der Waals surface area contributed by atoms with Crippen LogP contribution in [0.15, 0.2) is 48.7 Å². The Kier molecular flexibility index (Phi) is 12.6. The summed E-state index contributed by atoms with van der Waals surface area (Å²) in [5.74, 6) is -1.74. The Balaban J connectivity index is 0.722. The normalized spacial score (nSPS) is 22.8. The number of fused-ring (bicyclic) bond motifs is 2. The monoisotopic (exact) mass is 976 g/mol. The minimum Gasteiger partial charge on any atom is -0.508 e. The molecule has 11 rings (SSSR count). The number of anilines is 3. The molecule has 1 spiro atoms. The number of piperidine rings is 2. The predicted octanol–water partition coefficient (Wildman–Crippen LogP) is 5.63. The van der Waals surface area contributed by atoms with Gasteiger partial charge in [0.2, 0.25) is 17.7 Å². The van der Waals surface area contributed by atoms with Crippen LogP contribution >= 0.6 is 0 Å². The van der Waals surface area contributed by atoms with E-state index < -0.39 is 29.4 Å². The number of phenolic OH excluding ortho intramolecular Hbond substituents is 1. The first kappa shape index (κ1) is 47.0. The number of hydrogen-bond donors (Lipinski definition) is 3. The van der Waals surface area contributed by atoms with E-state index in [2.05, 4.69) is 30.3 Å². The Morgan fingerprint density at radius 1 is 0.915 bits per heavy atom. The van der Waals surface area contributed by atoms with Crippen LogP contribution in [0.5, 0.6) is 11.8 Å². The molecule has 6 aliphatic rings. The number of ether oxygens (including phenoxy) is 2. The summed E-state index contributed by atoms with van der Waals surface area (Å²) in [5, 5.41) is 17.6. The van der Waals surface area contributed by atoms with Crippen LogP contribution in [0.2, 0.25) is 0 Å². The van der Waals surface area contributed by atoms with Crippen LogP contribution < -0.4 is 25.2 Å². The van der Waals surface area contributed by atoms with E-state index >= 15 is 13.2 Å². The van der Waals surface area contributed by atoms with Crippen LogP contribution in [0, 0.1) is 22.9 Å². The molecular formula is C52H59F3N10O6. The van der Waals surface area contributed by atoms with Crippen molar-refractivity contribution < 1.29 is 42.1 Å². The summed E-state index contributed by atoms with van der Waals surface area (Å²) in [7, 11) is 0. The molecule has 2 unspecified atom stereocenters. The third-order valence-electron chi connectivity index (χ3n) is 15.6. The molecule has 6 fully saturated rings. The Morgan fingerprint density at radius 3 is 2.42 bits per heavy atom. The van der Waals surface area contributed by atoms with Crippen LogP contribution in [0.4, 0.5) is 30.4 Å². The molecular weight excluding hydrogens is 918 g/mol. The number of carbonyl (C=O) groups excluding carboxylic acids is 3. The first-order chi connectivity index (χ1) is 34.3. The second kappa shape index (κ2) is 19.0. The molecule has 1 saturated carbocycles. The maximum atomic E-state index is 17.2. The number of carbonyl (C=O) groups is 3. The zero-order valence-electron chi connectivity index (χ0n) is 40.0. The van der Waals surface area contributed by atoms with Gasteiger partial charge in [0.05, 0.1) is 36.4 Å². The zero-order chi connectivity index (χ0) is 49.0. The van der Waals surface area contributed by atoms with Gasteiger partial charge in [0.25, 0.3) is 0 Å². The fraction of sp³-hybridized carbons (Fsp3) is 0.500. The van der Waals surface area contributed by atoms with Gasteiger partial charge >= 0.3 is 6.01 Å². The van der Waals surface area contributed by atoms with Crippen molar-refractivity contribution in [2.45, 2.75) is 69.9 Å². The number of amides is 3. The van der Waals surface area contributed by atoms with Crippen LogP contribution in [-0.4, -0.2) is 156 Å². The van der Waals surface area contributed by atoms with Crippen LogP contribution in [0.25, 0.3) is 32.9 Å². The fourth-order valence-electron chi connectivity index (χ4n) is 11.2. The average molecular weight is 977 g/mol. The van der Waals surface area contributed by atoms with Gasteiger partial charge in [0, 0.05) is 108 Å². The summed E-state index contributed by atoms with van der Waals surface area (Å²) >= 11 is 0. The lowest BCUT2D eigenvalue weighted by atomic mass is 9.86. The summed E-state index contributed by atoms with van der Waals surface area (Å²) in [6.45, 7) is 10.2. The van der Waals surface area contributed by atoms with Crippen LogP contribution in [0.1, 0.15) is 57.4 Å². The third kappa shape index (κ3) is 9.50. The molecule has 2 atom stereocenters. The van der Waals surface area contributed by atoms with Crippen molar-refractivity contribution in [2.75, 3.05) is 107 Å². The largest absolute Gasteiger partial charge is 0.508 e. The van der Waals surface area contributed by atoms with E-state index in [-0.39, 0.29) is 57.8 Å². The highest BCUT2D eigenvalue weighted by Crippen LogP contribution is 2.47. The van der Waals surface area contributed by atoms with Gasteiger partial charge in [-0.15, -0.1) is 0 Å². The molecule has 0 bridgehead atoms. The molecule has 1 aliphatic carbocycles. The van der Waals surface area contributed by atoms with E-state index in [4.69, 9.17) is 19.4 Å². The molecule has 2 aromatic heterocycles. The highest BCUT2D eigenvalue weighted by molar-refractivity contribution is 6.02. The number of imide groups is 1. The summed E-state index contributed by atoms with van der Waals surface area (Å²) in [6.07, 6.45) is 7.16. The lowest BCUT2D eigenvalue weighted by Crippen LogP contribution is -2.56. The zero-order valence-corrected chi connectivity index (χ0v) is 40.0. The number of piperazine rings is 2. The first-order valence-corrected chi connectivity index (χ1v) is 25.1. The van der Waals surface area contributed by atoms with E-state index in [9.17, 15) is 19.5 Å². The number of benzene rings is 3. The van der Waals surface area contributed by atoms with Gasteiger partial charge in [0.1, 0.15) is 40.5 Å². The minimum atomic E-state index is -0.711. The molecule has 19 heteroatoms. The van der Waals surface area contributed by atoms with Gasteiger partial charge in [-0.2, -0.15) is 9.97 Å². The third-order valence-corrected chi connectivity index (χ3v) is 15.6. The van der Waals surface area contributed by atoms with Gasteiger partial charge in [-0.1, -0.05) is 13.0 Å². The number of pyridine rings is 1. The molecule has 3 aromatic carbocycles. The maximum absolute atomic E-state index is 17.2. The fourth-order valence-corrected chi connectivity index (χ4v) is 11.2. The smallest absolute Gasteiger partial charge is 0.319 e. The average Bonchev–Trinajstić information content (AvgIpc) is 4.13. The van der Waals surface area contributed by atoms with Crippen molar-refractivity contribution in [3.05, 3.63) is 71.7 Å². The van der Waals surface area contributed by atoms with Gasteiger partial charge in [0.15, 0.2) is 5.82 Å².